The molecule has 1 saturated heterocycles. The standard InChI is InChI=1S/C13H18ClNO/c1-12(2)9-16-13(3,15-12)8-10-5-4-6-11(14)7-10/h4-7,15H,8-9H2,1-3H3. The van der Waals surface area contributed by atoms with Crippen LogP contribution < -0.4 is 5.32 Å². The maximum Gasteiger partial charge on any atom is 0.121 e. The minimum absolute atomic E-state index is 0.0489. The van der Waals surface area contributed by atoms with Crippen molar-refractivity contribution in [1.82, 2.24) is 5.32 Å². The molecule has 88 valence electrons. The van der Waals surface area contributed by atoms with E-state index < -0.39 is 0 Å². The van der Waals surface area contributed by atoms with Crippen molar-refractivity contribution in [2.24, 2.45) is 0 Å². The van der Waals surface area contributed by atoms with Gasteiger partial charge in [0.05, 0.1) is 6.61 Å². The molecule has 3 heteroatoms. The molecule has 1 fully saturated rings. The first-order chi connectivity index (χ1) is 7.39. The molecule has 1 aromatic rings. The van der Waals surface area contributed by atoms with Crippen LogP contribution >= 0.6 is 11.6 Å². The highest BCUT2D eigenvalue weighted by molar-refractivity contribution is 6.30. The minimum atomic E-state index is -0.284. The lowest BCUT2D eigenvalue weighted by molar-refractivity contribution is 0.00670. The summed E-state index contributed by atoms with van der Waals surface area (Å²) < 4.78 is 5.85. The molecule has 2 rings (SSSR count). The van der Waals surface area contributed by atoms with Crippen LogP contribution in [0.4, 0.5) is 0 Å². The number of benzene rings is 1. The predicted molar refractivity (Wildman–Crippen MR) is 66.7 cm³/mol. The van der Waals surface area contributed by atoms with Gasteiger partial charge in [0, 0.05) is 17.0 Å². The van der Waals surface area contributed by atoms with Gasteiger partial charge in [-0.2, -0.15) is 0 Å². The highest BCUT2D eigenvalue weighted by atomic mass is 35.5. The molecule has 1 N–H and O–H groups in total. The lowest BCUT2D eigenvalue weighted by Gasteiger charge is -2.26. The Hall–Kier alpha value is -0.570. The fourth-order valence-corrected chi connectivity index (χ4v) is 2.47. The zero-order valence-electron chi connectivity index (χ0n) is 10.0. The summed E-state index contributed by atoms with van der Waals surface area (Å²) in [6.07, 6.45) is 0.830. The Kier molecular flexibility index (Phi) is 2.99. The van der Waals surface area contributed by atoms with Crippen molar-refractivity contribution in [3.8, 4) is 0 Å². The third-order valence-electron chi connectivity index (χ3n) is 2.78. The molecule has 1 aliphatic rings. The smallest absolute Gasteiger partial charge is 0.121 e. The zero-order valence-corrected chi connectivity index (χ0v) is 10.8. The van der Waals surface area contributed by atoms with Gasteiger partial charge >= 0.3 is 0 Å². The quantitative estimate of drug-likeness (QED) is 0.857. The van der Waals surface area contributed by atoms with Crippen molar-refractivity contribution >= 4 is 11.6 Å². The predicted octanol–water partition coefficient (Wildman–Crippen LogP) is 3.00. The van der Waals surface area contributed by atoms with Crippen LogP contribution in [0.25, 0.3) is 0 Å². The minimum Gasteiger partial charge on any atom is -0.359 e. The van der Waals surface area contributed by atoms with Gasteiger partial charge in [0.25, 0.3) is 0 Å². The topological polar surface area (TPSA) is 21.3 Å². The first-order valence-electron chi connectivity index (χ1n) is 5.56. The Morgan fingerprint density at radius 3 is 2.69 bits per heavy atom. The molecule has 0 aromatic heterocycles. The molecular weight excluding hydrogens is 222 g/mol. The maximum atomic E-state index is 5.97. The second kappa shape index (κ2) is 4.02. The van der Waals surface area contributed by atoms with Crippen LogP contribution in [0, 0.1) is 0 Å². The molecule has 0 amide bonds. The van der Waals surface area contributed by atoms with Gasteiger partial charge in [-0.15, -0.1) is 0 Å². The van der Waals surface area contributed by atoms with Gasteiger partial charge in [0.2, 0.25) is 0 Å². The molecule has 2 nitrogen and oxygen atoms in total. The fourth-order valence-electron chi connectivity index (χ4n) is 2.26. The van der Waals surface area contributed by atoms with Crippen molar-refractivity contribution in [2.75, 3.05) is 6.61 Å². The molecule has 0 bridgehead atoms. The summed E-state index contributed by atoms with van der Waals surface area (Å²) in [6.45, 7) is 7.12. The highest BCUT2D eigenvalue weighted by Gasteiger charge is 2.39. The van der Waals surface area contributed by atoms with E-state index in [1.54, 1.807) is 0 Å². The molecule has 0 spiro atoms. The van der Waals surface area contributed by atoms with Gasteiger partial charge in [-0.25, -0.2) is 0 Å². The van der Waals surface area contributed by atoms with E-state index in [4.69, 9.17) is 16.3 Å². The Morgan fingerprint density at radius 2 is 2.12 bits per heavy atom. The van der Waals surface area contributed by atoms with Gasteiger partial charge in [-0.3, -0.25) is 5.32 Å². The number of halogens is 1. The van der Waals surface area contributed by atoms with Crippen molar-refractivity contribution in [3.63, 3.8) is 0 Å². The van der Waals surface area contributed by atoms with E-state index in [1.807, 2.05) is 18.2 Å². The number of rotatable bonds is 2. The number of hydrogen-bond acceptors (Lipinski definition) is 2. The number of nitrogens with one attached hydrogen (secondary N) is 1. The Labute approximate surface area is 102 Å². The van der Waals surface area contributed by atoms with Crippen LogP contribution in [0.3, 0.4) is 0 Å². The van der Waals surface area contributed by atoms with Gasteiger partial charge in [0.15, 0.2) is 0 Å². The summed E-state index contributed by atoms with van der Waals surface area (Å²) in [5, 5.41) is 4.29. The zero-order chi connectivity index (χ0) is 11.8. The number of ether oxygens (including phenoxy) is 1. The summed E-state index contributed by atoms with van der Waals surface area (Å²) in [5.41, 5.74) is 0.960. The molecule has 0 aliphatic carbocycles. The second-order valence-electron chi connectivity index (χ2n) is 5.34. The van der Waals surface area contributed by atoms with E-state index in [2.05, 4.69) is 32.2 Å². The summed E-state index contributed by atoms with van der Waals surface area (Å²) >= 11 is 5.97. The van der Waals surface area contributed by atoms with Crippen LogP contribution in [-0.4, -0.2) is 17.9 Å². The maximum absolute atomic E-state index is 5.97. The summed E-state index contributed by atoms with van der Waals surface area (Å²) in [7, 11) is 0. The highest BCUT2D eigenvalue weighted by Crippen LogP contribution is 2.26. The van der Waals surface area contributed by atoms with Gasteiger partial charge < -0.3 is 4.74 Å². The van der Waals surface area contributed by atoms with Crippen LogP contribution in [0.2, 0.25) is 5.02 Å². The van der Waals surface area contributed by atoms with Crippen LogP contribution in [0.15, 0.2) is 24.3 Å². The van der Waals surface area contributed by atoms with Gasteiger partial charge in [-0.05, 0) is 38.5 Å². The summed E-state index contributed by atoms with van der Waals surface area (Å²) in [4.78, 5) is 0. The monoisotopic (exact) mass is 239 g/mol. The Balaban J connectivity index is 2.10. The SMILES string of the molecule is CC1(C)COC(C)(Cc2cccc(Cl)c2)N1. The van der Waals surface area contributed by atoms with Crippen LogP contribution in [-0.2, 0) is 11.2 Å². The molecular formula is C13H18ClNO. The van der Waals surface area contributed by atoms with Crippen LogP contribution in [0.1, 0.15) is 26.3 Å². The lowest BCUT2D eigenvalue weighted by Crippen LogP contribution is -2.47. The van der Waals surface area contributed by atoms with Crippen molar-refractivity contribution in [2.45, 2.75) is 38.5 Å². The lowest BCUT2D eigenvalue weighted by atomic mass is 10.0. The summed E-state index contributed by atoms with van der Waals surface area (Å²) in [5.74, 6) is 0. The third kappa shape index (κ3) is 2.76. The first kappa shape index (κ1) is 11.9. The molecule has 16 heavy (non-hydrogen) atoms. The largest absolute Gasteiger partial charge is 0.359 e. The fraction of sp³-hybridized carbons (Fsp3) is 0.538. The van der Waals surface area contributed by atoms with E-state index in [0.717, 1.165) is 18.1 Å². The second-order valence-corrected chi connectivity index (χ2v) is 5.77. The van der Waals surface area contributed by atoms with Crippen LogP contribution in [0.5, 0.6) is 0 Å². The normalized spacial score (nSPS) is 28.2. The van der Waals surface area contributed by atoms with Crippen molar-refractivity contribution < 1.29 is 4.74 Å². The molecule has 0 saturated carbocycles. The van der Waals surface area contributed by atoms with E-state index in [1.165, 1.54) is 5.56 Å². The summed E-state index contributed by atoms with van der Waals surface area (Å²) in [6, 6.07) is 7.93. The third-order valence-corrected chi connectivity index (χ3v) is 3.02. The van der Waals surface area contributed by atoms with E-state index >= 15 is 0 Å². The Morgan fingerprint density at radius 1 is 1.38 bits per heavy atom. The molecule has 1 heterocycles. The van der Waals surface area contributed by atoms with E-state index in [9.17, 15) is 0 Å². The molecule has 1 aromatic carbocycles. The van der Waals surface area contributed by atoms with Gasteiger partial charge in [-0.1, -0.05) is 23.7 Å². The van der Waals surface area contributed by atoms with E-state index in [0.29, 0.717) is 0 Å². The average molecular weight is 240 g/mol. The van der Waals surface area contributed by atoms with Gasteiger partial charge in [0.1, 0.15) is 5.72 Å². The molecule has 1 atom stereocenters. The van der Waals surface area contributed by atoms with Crippen molar-refractivity contribution in [3.05, 3.63) is 34.9 Å². The first-order valence-corrected chi connectivity index (χ1v) is 5.94. The molecule has 0 radical (unpaired) electrons. The molecule has 1 unspecified atom stereocenters. The average Bonchev–Trinajstić information content (AvgIpc) is 2.40. The Bertz CT molecular complexity index is 391. The van der Waals surface area contributed by atoms with Crippen molar-refractivity contribution in [1.29, 1.82) is 0 Å². The van der Waals surface area contributed by atoms with E-state index in [-0.39, 0.29) is 11.3 Å². The number of hydrogen-bond donors (Lipinski definition) is 1. The molecule has 1 aliphatic heterocycles.